The molecule has 1 aromatic rings. The van der Waals surface area contributed by atoms with Crippen molar-refractivity contribution in [3.8, 4) is 0 Å². The van der Waals surface area contributed by atoms with Gasteiger partial charge in [0, 0.05) is 12.5 Å². The fourth-order valence-corrected chi connectivity index (χ4v) is 3.87. The largest absolute Gasteiger partial charge is 0.346 e. The zero-order chi connectivity index (χ0) is 14.7. The quantitative estimate of drug-likeness (QED) is 0.906. The van der Waals surface area contributed by atoms with Gasteiger partial charge in [-0.15, -0.1) is 10.2 Å². The van der Waals surface area contributed by atoms with E-state index in [4.69, 9.17) is 0 Å². The van der Waals surface area contributed by atoms with Crippen LogP contribution in [0.25, 0.3) is 0 Å². The average Bonchev–Trinajstić information content (AvgIpc) is 3.20. The van der Waals surface area contributed by atoms with Crippen LogP contribution in [-0.4, -0.2) is 20.7 Å². The molecule has 1 aromatic heterocycles. The van der Waals surface area contributed by atoms with E-state index in [-0.39, 0.29) is 11.9 Å². The smallest absolute Gasteiger partial charge is 0.220 e. The first-order valence-corrected chi connectivity index (χ1v) is 8.43. The fraction of sp³-hybridized carbons (Fsp3) is 0.812. The number of carbonyl (C=O) groups excluding carboxylic acids is 1. The average molecular weight is 290 g/mol. The normalized spacial score (nSPS) is 21.8. The number of hydrogen-bond acceptors (Lipinski definition) is 3. The molecule has 116 valence electrons. The standard InChI is InChI=1S/C16H26N4O/c1-12(18-15(21)10-13-6-2-3-7-13)16-19-17-11-20(16)14-8-4-5-9-14/h11-14H,2-10H2,1H3,(H,18,21)/t12-/m1/s1. The van der Waals surface area contributed by atoms with Crippen LogP contribution in [0.2, 0.25) is 0 Å². The Bertz CT molecular complexity index is 472. The molecule has 1 heterocycles. The maximum atomic E-state index is 12.2. The van der Waals surface area contributed by atoms with E-state index < -0.39 is 0 Å². The van der Waals surface area contributed by atoms with E-state index in [0.29, 0.717) is 18.4 Å². The van der Waals surface area contributed by atoms with Gasteiger partial charge in [-0.05, 0) is 38.5 Å². The number of nitrogens with zero attached hydrogens (tertiary/aromatic N) is 3. The van der Waals surface area contributed by atoms with Crippen LogP contribution in [0.3, 0.4) is 0 Å². The van der Waals surface area contributed by atoms with Gasteiger partial charge in [0.1, 0.15) is 6.33 Å². The number of carbonyl (C=O) groups is 1. The van der Waals surface area contributed by atoms with Gasteiger partial charge in [0.2, 0.25) is 5.91 Å². The highest BCUT2D eigenvalue weighted by Crippen LogP contribution is 2.31. The van der Waals surface area contributed by atoms with Crippen LogP contribution in [0.5, 0.6) is 0 Å². The molecule has 2 aliphatic carbocycles. The summed E-state index contributed by atoms with van der Waals surface area (Å²) in [6, 6.07) is 0.464. The summed E-state index contributed by atoms with van der Waals surface area (Å²) >= 11 is 0. The summed E-state index contributed by atoms with van der Waals surface area (Å²) in [6.45, 7) is 2.02. The molecule has 0 unspecified atom stereocenters. The summed E-state index contributed by atoms with van der Waals surface area (Å²) in [4.78, 5) is 12.2. The fourth-order valence-electron chi connectivity index (χ4n) is 3.87. The van der Waals surface area contributed by atoms with Gasteiger partial charge in [-0.2, -0.15) is 0 Å². The number of amides is 1. The Morgan fingerprint density at radius 3 is 2.67 bits per heavy atom. The predicted octanol–water partition coefficient (Wildman–Crippen LogP) is 3.15. The molecule has 0 aromatic carbocycles. The predicted molar refractivity (Wildman–Crippen MR) is 80.7 cm³/mol. The van der Waals surface area contributed by atoms with Gasteiger partial charge < -0.3 is 9.88 Å². The Morgan fingerprint density at radius 1 is 1.29 bits per heavy atom. The van der Waals surface area contributed by atoms with Crippen molar-refractivity contribution in [1.82, 2.24) is 20.1 Å². The molecule has 0 aliphatic heterocycles. The van der Waals surface area contributed by atoms with Gasteiger partial charge in [0.25, 0.3) is 0 Å². The van der Waals surface area contributed by atoms with E-state index in [1.807, 2.05) is 13.3 Å². The van der Waals surface area contributed by atoms with Crippen molar-refractivity contribution in [2.75, 3.05) is 0 Å². The Balaban J connectivity index is 1.58. The van der Waals surface area contributed by atoms with Gasteiger partial charge in [-0.1, -0.05) is 25.7 Å². The van der Waals surface area contributed by atoms with E-state index in [0.717, 1.165) is 5.82 Å². The minimum atomic E-state index is -0.0537. The van der Waals surface area contributed by atoms with Crippen molar-refractivity contribution < 1.29 is 4.79 Å². The lowest BCUT2D eigenvalue weighted by molar-refractivity contribution is -0.122. The van der Waals surface area contributed by atoms with E-state index in [1.165, 1.54) is 51.4 Å². The molecule has 1 amide bonds. The van der Waals surface area contributed by atoms with E-state index in [9.17, 15) is 4.79 Å². The molecule has 0 bridgehead atoms. The molecule has 5 heteroatoms. The number of rotatable bonds is 5. The van der Waals surface area contributed by atoms with E-state index in [2.05, 4.69) is 20.1 Å². The minimum Gasteiger partial charge on any atom is -0.346 e. The third kappa shape index (κ3) is 3.44. The summed E-state index contributed by atoms with van der Waals surface area (Å²) in [5, 5.41) is 11.4. The zero-order valence-corrected chi connectivity index (χ0v) is 12.9. The van der Waals surface area contributed by atoms with Gasteiger partial charge in [0.15, 0.2) is 5.82 Å². The van der Waals surface area contributed by atoms with Crippen LogP contribution in [0.15, 0.2) is 6.33 Å². The lowest BCUT2D eigenvalue weighted by atomic mass is 10.0. The van der Waals surface area contributed by atoms with Crippen LogP contribution in [0, 0.1) is 5.92 Å². The van der Waals surface area contributed by atoms with Crippen LogP contribution in [0.1, 0.15) is 82.6 Å². The molecule has 0 radical (unpaired) electrons. The molecule has 0 saturated heterocycles. The molecular weight excluding hydrogens is 264 g/mol. The van der Waals surface area contributed by atoms with Crippen molar-refractivity contribution in [2.45, 2.75) is 76.8 Å². The van der Waals surface area contributed by atoms with Crippen molar-refractivity contribution in [2.24, 2.45) is 5.92 Å². The molecule has 21 heavy (non-hydrogen) atoms. The maximum absolute atomic E-state index is 12.2. The second kappa shape index (κ2) is 6.58. The molecule has 2 fully saturated rings. The van der Waals surface area contributed by atoms with Gasteiger partial charge in [-0.25, -0.2) is 0 Å². The van der Waals surface area contributed by atoms with Crippen LogP contribution < -0.4 is 5.32 Å². The monoisotopic (exact) mass is 290 g/mol. The molecular formula is C16H26N4O. The number of hydrogen-bond donors (Lipinski definition) is 1. The van der Waals surface area contributed by atoms with Crippen molar-refractivity contribution in [1.29, 1.82) is 0 Å². The third-order valence-electron chi connectivity index (χ3n) is 5.03. The highest BCUT2D eigenvalue weighted by molar-refractivity contribution is 5.76. The third-order valence-corrected chi connectivity index (χ3v) is 5.03. The molecule has 2 saturated carbocycles. The lowest BCUT2D eigenvalue weighted by Gasteiger charge is -2.19. The number of aromatic nitrogens is 3. The summed E-state index contributed by atoms with van der Waals surface area (Å²) in [5.74, 6) is 1.65. The minimum absolute atomic E-state index is 0.0537. The molecule has 3 rings (SSSR count). The van der Waals surface area contributed by atoms with Crippen molar-refractivity contribution >= 4 is 5.91 Å². The summed E-state index contributed by atoms with van der Waals surface area (Å²) in [7, 11) is 0. The zero-order valence-electron chi connectivity index (χ0n) is 12.9. The highest BCUT2D eigenvalue weighted by Gasteiger charge is 2.24. The molecule has 1 atom stereocenters. The van der Waals surface area contributed by atoms with Crippen LogP contribution in [0.4, 0.5) is 0 Å². The lowest BCUT2D eigenvalue weighted by Crippen LogP contribution is -2.30. The van der Waals surface area contributed by atoms with Crippen LogP contribution >= 0.6 is 0 Å². The molecule has 1 N–H and O–H groups in total. The topological polar surface area (TPSA) is 59.8 Å². The van der Waals surface area contributed by atoms with Gasteiger partial charge in [-0.3, -0.25) is 4.79 Å². The summed E-state index contributed by atoms with van der Waals surface area (Å²) in [6.07, 6.45) is 12.4. The SMILES string of the molecule is C[C@@H](NC(=O)CC1CCCC1)c1nncn1C1CCCC1. The molecule has 5 nitrogen and oxygen atoms in total. The first-order chi connectivity index (χ1) is 10.2. The highest BCUT2D eigenvalue weighted by atomic mass is 16.1. The summed E-state index contributed by atoms with van der Waals surface area (Å²) in [5.41, 5.74) is 0. The Morgan fingerprint density at radius 2 is 1.95 bits per heavy atom. The second-order valence-corrected chi connectivity index (χ2v) is 6.68. The first kappa shape index (κ1) is 14.5. The Labute approximate surface area is 126 Å². The summed E-state index contributed by atoms with van der Waals surface area (Å²) < 4.78 is 2.17. The van der Waals surface area contributed by atoms with E-state index >= 15 is 0 Å². The molecule has 2 aliphatic rings. The molecule has 0 spiro atoms. The Hall–Kier alpha value is -1.39. The maximum Gasteiger partial charge on any atom is 0.220 e. The number of nitrogens with one attached hydrogen (secondary N) is 1. The van der Waals surface area contributed by atoms with Crippen molar-refractivity contribution in [3.63, 3.8) is 0 Å². The first-order valence-electron chi connectivity index (χ1n) is 8.43. The second-order valence-electron chi connectivity index (χ2n) is 6.68. The van der Waals surface area contributed by atoms with Gasteiger partial charge in [0.05, 0.1) is 6.04 Å². The van der Waals surface area contributed by atoms with Crippen molar-refractivity contribution in [3.05, 3.63) is 12.2 Å². The Kier molecular flexibility index (Phi) is 4.56. The van der Waals surface area contributed by atoms with Crippen LogP contribution in [-0.2, 0) is 4.79 Å². The van der Waals surface area contributed by atoms with Gasteiger partial charge >= 0.3 is 0 Å². The van der Waals surface area contributed by atoms with E-state index in [1.54, 1.807) is 0 Å².